The number of nitrogens with one attached hydrogen (secondary N) is 1. The molecule has 0 aliphatic rings. The van der Waals surface area contributed by atoms with E-state index in [1.165, 1.54) is 12.3 Å². The van der Waals surface area contributed by atoms with Crippen molar-refractivity contribution in [2.24, 2.45) is 0 Å². The smallest absolute Gasteiger partial charge is 0.303 e. The number of carbonyl (C=O) groups is 2. The minimum Gasteiger partial charge on any atom is -0.481 e. The van der Waals surface area contributed by atoms with Gasteiger partial charge in [-0.05, 0) is 12.1 Å². The molecule has 0 radical (unpaired) electrons. The molecule has 7 nitrogen and oxygen atoms in total. The molecule has 0 aliphatic carbocycles. The van der Waals surface area contributed by atoms with Gasteiger partial charge in [-0.25, -0.2) is 0 Å². The first-order valence-electron chi connectivity index (χ1n) is 5.04. The standard InChI is InChI=1S/C10H9N3O4S/c14-8(15)4-3-7-12-13-10(18-7)11-9(16)6-2-1-5-17-6/h1-2,5H,3-4H2,(H,14,15)(H,11,13,16). The number of aliphatic carboxylic acids is 1. The molecule has 2 rings (SSSR count). The molecule has 94 valence electrons. The number of aryl methyl sites for hydroxylation is 1. The normalized spacial score (nSPS) is 10.2. The molecule has 2 aromatic rings. The minimum absolute atomic E-state index is 0.0131. The second-order valence-electron chi connectivity index (χ2n) is 3.33. The highest BCUT2D eigenvalue weighted by molar-refractivity contribution is 7.15. The summed E-state index contributed by atoms with van der Waals surface area (Å²) < 4.78 is 4.92. The Balaban J connectivity index is 1.94. The van der Waals surface area contributed by atoms with Gasteiger partial charge in [0.1, 0.15) is 5.01 Å². The summed E-state index contributed by atoms with van der Waals surface area (Å²) in [4.78, 5) is 22.0. The Hall–Kier alpha value is -2.22. The largest absolute Gasteiger partial charge is 0.481 e. The van der Waals surface area contributed by atoms with E-state index < -0.39 is 11.9 Å². The molecule has 0 atom stereocenters. The summed E-state index contributed by atoms with van der Waals surface area (Å²) in [7, 11) is 0. The number of furan rings is 1. The van der Waals surface area contributed by atoms with E-state index in [1.54, 1.807) is 6.07 Å². The van der Waals surface area contributed by atoms with Crippen molar-refractivity contribution >= 4 is 28.3 Å². The highest BCUT2D eigenvalue weighted by Gasteiger charge is 2.12. The van der Waals surface area contributed by atoms with Crippen molar-refractivity contribution in [3.05, 3.63) is 29.2 Å². The van der Waals surface area contributed by atoms with Crippen molar-refractivity contribution in [3.63, 3.8) is 0 Å². The third kappa shape index (κ3) is 3.14. The van der Waals surface area contributed by atoms with Gasteiger partial charge >= 0.3 is 5.97 Å². The summed E-state index contributed by atoms with van der Waals surface area (Å²) in [6.07, 6.45) is 1.68. The fraction of sp³-hybridized carbons (Fsp3) is 0.200. The number of rotatable bonds is 5. The summed E-state index contributed by atoms with van der Waals surface area (Å²) in [5, 5.41) is 19.5. The van der Waals surface area contributed by atoms with Gasteiger partial charge in [-0.3, -0.25) is 14.9 Å². The number of amides is 1. The van der Waals surface area contributed by atoms with Crippen molar-refractivity contribution < 1.29 is 19.1 Å². The maximum absolute atomic E-state index is 11.6. The van der Waals surface area contributed by atoms with Crippen LogP contribution in [0.5, 0.6) is 0 Å². The number of hydrogen-bond donors (Lipinski definition) is 2. The molecule has 2 heterocycles. The van der Waals surface area contributed by atoms with Crippen LogP contribution in [0.2, 0.25) is 0 Å². The van der Waals surface area contributed by atoms with Crippen LogP contribution < -0.4 is 5.32 Å². The van der Waals surface area contributed by atoms with Gasteiger partial charge in [0.15, 0.2) is 5.76 Å². The van der Waals surface area contributed by atoms with Crippen LogP contribution in [-0.2, 0) is 11.2 Å². The zero-order valence-electron chi connectivity index (χ0n) is 9.12. The fourth-order valence-corrected chi connectivity index (χ4v) is 1.92. The first-order chi connectivity index (χ1) is 8.65. The molecule has 0 fully saturated rings. The van der Waals surface area contributed by atoms with Crippen LogP contribution in [0.1, 0.15) is 22.0 Å². The number of aromatic nitrogens is 2. The number of hydrogen-bond acceptors (Lipinski definition) is 6. The van der Waals surface area contributed by atoms with Crippen molar-refractivity contribution in [1.29, 1.82) is 0 Å². The Kier molecular flexibility index (Phi) is 3.68. The number of nitrogens with zero attached hydrogens (tertiary/aromatic N) is 2. The second kappa shape index (κ2) is 5.41. The Morgan fingerprint density at radius 2 is 2.28 bits per heavy atom. The van der Waals surface area contributed by atoms with Crippen molar-refractivity contribution in [2.75, 3.05) is 5.32 Å². The van der Waals surface area contributed by atoms with Gasteiger partial charge in [-0.2, -0.15) is 0 Å². The quantitative estimate of drug-likeness (QED) is 0.848. The van der Waals surface area contributed by atoms with Crippen LogP contribution in [0.25, 0.3) is 0 Å². The van der Waals surface area contributed by atoms with E-state index in [4.69, 9.17) is 9.52 Å². The van der Waals surface area contributed by atoms with Crippen molar-refractivity contribution in [2.45, 2.75) is 12.8 Å². The molecule has 2 N–H and O–H groups in total. The molecule has 0 spiro atoms. The predicted molar refractivity (Wildman–Crippen MR) is 62.5 cm³/mol. The molecule has 1 amide bonds. The summed E-state index contributed by atoms with van der Waals surface area (Å²) in [6, 6.07) is 3.13. The molecule has 0 bridgehead atoms. The van der Waals surface area contributed by atoms with Crippen LogP contribution >= 0.6 is 11.3 Å². The molecule has 0 aliphatic heterocycles. The first-order valence-corrected chi connectivity index (χ1v) is 5.86. The van der Waals surface area contributed by atoms with Gasteiger partial charge in [-0.1, -0.05) is 11.3 Å². The molecule has 0 saturated carbocycles. The maximum Gasteiger partial charge on any atom is 0.303 e. The molecule has 18 heavy (non-hydrogen) atoms. The minimum atomic E-state index is -0.897. The van der Waals surface area contributed by atoms with Crippen LogP contribution in [0.3, 0.4) is 0 Å². The Bertz CT molecular complexity index is 549. The van der Waals surface area contributed by atoms with E-state index in [9.17, 15) is 9.59 Å². The zero-order chi connectivity index (χ0) is 13.0. The lowest BCUT2D eigenvalue weighted by Crippen LogP contribution is -2.10. The van der Waals surface area contributed by atoms with E-state index in [2.05, 4.69) is 15.5 Å². The average molecular weight is 267 g/mol. The van der Waals surface area contributed by atoms with Crippen molar-refractivity contribution in [3.8, 4) is 0 Å². The van der Waals surface area contributed by atoms with E-state index >= 15 is 0 Å². The first kappa shape index (κ1) is 12.2. The molecule has 0 saturated heterocycles. The van der Waals surface area contributed by atoms with Gasteiger partial charge in [0.25, 0.3) is 5.91 Å². The van der Waals surface area contributed by atoms with E-state index in [-0.39, 0.29) is 12.2 Å². The van der Waals surface area contributed by atoms with Gasteiger partial charge in [-0.15, -0.1) is 10.2 Å². The zero-order valence-corrected chi connectivity index (χ0v) is 9.94. The number of carboxylic acid groups (broad SMARTS) is 1. The molecule has 8 heteroatoms. The Morgan fingerprint density at radius 3 is 2.94 bits per heavy atom. The monoisotopic (exact) mass is 267 g/mol. The summed E-state index contributed by atoms with van der Waals surface area (Å²) in [5.41, 5.74) is 0. The lowest BCUT2D eigenvalue weighted by molar-refractivity contribution is -0.136. The van der Waals surface area contributed by atoms with Crippen LogP contribution in [0.15, 0.2) is 22.8 Å². The lowest BCUT2D eigenvalue weighted by Gasteiger charge is -1.95. The molecule has 0 aromatic carbocycles. The lowest BCUT2D eigenvalue weighted by atomic mass is 10.3. The Morgan fingerprint density at radius 1 is 1.44 bits per heavy atom. The summed E-state index contributed by atoms with van der Waals surface area (Å²) in [5.74, 6) is -1.13. The van der Waals surface area contributed by atoms with E-state index in [0.29, 0.717) is 16.6 Å². The molecular weight excluding hydrogens is 258 g/mol. The van der Waals surface area contributed by atoms with E-state index in [1.807, 2.05) is 0 Å². The van der Waals surface area contributed by atoms with Gasteiger partial charge in [0.2, 0.25) is 5.13 Å². The average Bonchev–Trinajstić information content (AvgIpc) is 2.97. The molecule has 2 aromatic heterocycles. The van der Waals surface area contributed by atoms with E-state index in [0.717, 1.165) is 11.3 Å². The topological polar surface area (TPSA) is 105 Å². The number of anilines is 1. The second-order valence-corrected chi connectivity index (χ2v) is 4.39. The van der Waals surface area contributed by atoms with Crippen LogP contribution in [0.4, 0.5) is 5.13 Å². The molecular formula is C10H9N3O4S. The predicted octanol–water partition coefficient (Wildman–Crippen LogP) is 1.40. The van der Waals surface area contributed by atoms with Crippen molar-refractivity contribution in [1.82, 2.24) is 10.2 Å². The van der Waals surface area contributed by atoms with Gasteiger partial charge in [0.05, 0.1) is 12.7 Å². The van der Waals surface area contributed by atoms with Gasteiger partial charge < -0.3 is 9.52 Å². The maximum atomic E-state index is 11.6. The highest BCUT2D eigenvalue weighted by atomic mass is 32.1. The third-order valence-electron chi connectivity index (χ3n) is 1.99. The highest BCUT2D eigenvalue weighted by Crippen LogP contribution is 2.17. The Labute approximate surface area is 105 Å². The summed E-state index contributed by atoms with van der Waals surface area (Å²) in [6.45, 7) is 0. The van der Waals surface area contributed by atoms with Crippen LogP contribution in [-0.4, -0.2) is 27.2 Å². The number of carboxylic acids is 1. The molecule has 0 unspecified atom stereocenters. The number of carbonyl (C=O) groups excluding carboxylic acids is 1. The summed E-state index contributed by atoms with van der Waals surface area (Å²) >= 11 is 1.14. The van der Waals surface area contributed by atoms with Crippen LogP contribution in [0, 0.1) is 0 Å². The SMILES string of the molecule is O=C(O)CCc1nnc(NC(=O)c2ccco2)s1. The van der Waals surface area contributed by atoms with Gasteiger partial charge in [0, 0.05) is 6.42 Å². The third-order valence-corrected chi connectivity index (χ3v) is 2.88. The fourth-order valence-electron chi connectivity index (χ4n) is 1.19.